The highest BCUT2D eigenvalue weighted by Gasteiger charge is 2.33. The average molecular weight is 378 g/mol. The number of carbonyl (C=O) groups is 2. The lowest BCUT2D eigenvalue weighted by Crippen LogP contribution is -2.37. The maximum atomic E-state index is 12.8. The number of hydrogen-bond acceptors (Lipinski definition) is 3. The Morgan fingerprint density at radius 2 is 1.89 bits per heavy atom. The molecule has 3 rings (SSSR count). The average Bonchev–Trinajstić information content (AvgIpc) is 3.01. The predicted molar refractivity (Wildman–Crippen MR) is 92.7 cm³/mol. The van der Waals surface area contributed by atoms with Crippen molar-refractivity contribution in [2.75, 3.05) is 18.6 Å². The molecule has 8 heteroatoms. The molecule has 1 aliphatic heterocycles. The molecule has 5 nitrogen and oxygen atoms in total. The van der Waals surface area contributed by atoms with Gasteiger partial charge in [0.2, 0.25) is 5.91 Å². The lowest BCUT2D eigenvalue weighted by molar-refractivity contribution is -0.137. The Morgan fingerprint density at radius 3 is 2.52 bits per heavy atom. The van der Waals surface area contributed by atoms with Crippen molar-refractivity contribution in [3.8, 4) is 5.75 Å². The minimum absolute atomic E-state index is 0.0801. The van der Waals surface area contributed by atoms with Crippen molar-refractivity contribution >= 4 is 17.5 Å². The lowest BCUT2D eigenvalue weighted by atomic mass is 10.1. The number of anilines is 1. The summed E-state index contributed by atoms with van der Waals surface area (Å²) >= 11 is 0. The van der Waals surface area contributed by atoms with Crippen LogP contribution >= 0.6 is 0 Å². The number of rotatable bonds is 4. The van der Waals surface area contributed by atoms with Gasteiger partial charge < -0.3 is 15.0 Å². The number of hydrogen-bond donors (Lipinski definition) is 1. The molecule has 0 unspecified atom stereocenters. The molecule has 2 aromatic carbocycles. The molecular weight excluding hydrogens is 361 g/mol. The van der Waals surface area contributed by atoms with E-state index in [-0.39, 0.29) is 24.4 Å². The molecular formula is C19H17F3N2O3. The molecule has 1 atom stereocenters. The summed E-state index contributed by atoms with van der Waals surface area (Å²) in [6, 6.07) is 10.6. The summed E-state index contributed by atoms with van der Waals surface area (Å²) in [6.07, 6.45) is -4.44. The van der Waals surface area contributed by atoms with Crippen LogP contribution < -0.4 is 15.0 Å². The number of halogens is 3. The van der Waals surface area contributed by atoms with E-state index >= 15 is 0 Å². The van der Waals surface area contributed by atoms with Crippen LogP contribution in [0.4, 0.5) is 18.9 Å². The summed E-state index contributed by atoms with van der Waals surface area (Å²) in [5.41, 5.74) is -0.325. The van der Waals surface area contributed by atoms with Gasteiger partial charge in [-0.2, -0.15) is 13.2 Å². The number of ether oxygens (including phenoxy) is 1. The summed E-state index contributed by atoms with van der Waals surface area (Å²) in [4.78, 5) is 26.1. The van der Waals surface area contributed by atoms with E-state index in [0.29, 0.717) is 11.4 Å². The highest BCUT2D eigenvalue weighted by Crippen LogP contribution is 2.29. The van der Waals surface area contributed by atoms with Crippen LogP contribution in [-0.2, 0) is 11.0 Å². The van der Waals surface area contributed by atoms with Crippen LogP contribution in [0.5, 0.6) is 5.75 Å². The highest BCUT2D eigenvalue weighted by molar-refractivity contribution is 5.99. The van der Waals surface area contributed by atoms with E-state index in [1.165, 1.54) is 24.1 Å². The van der Waals surface area contributed by atoms with Gasteiger partial charge in [-0.3, -0.25) is 9.59 Å². The Labute approximate surface area is 153 Å². The fraction of sp³-hybridized carbons (Fsp3) is 0.263. The molecule has 1 N–H and O–H groups in total. The number of methoxy groups -OCH3 is 1. The number of nitrogens with one attached hydrogen (secondary N) is 1. The lowest BCUT2D eigenvalue weighted by Gasteiger charge is -2.18. The second-order valence-electron chi connectivity index (χ2n) is 6.16. The summed E-state index contributed by atoms with van der Waals surface area (Å²) in [7, 11) is 1.54. The van der Waals surface area contributed by atoms with Gasteiger partial charge in [-0.1, -0.05) is 6.07 Å². The molecule has 142 valence electrons. The Kier molecular flexibility index (Phi) is 5.07. The molecule has 0 aromatic heterocycles. The Balaban J connectivity index is 1.68. The van der Waals surface area contributed by atoms with E-state index in [0.717, 1.165) is 12.1 Å². The molecule has 1 aliphatic rings. The molecule has 1 saturated heterocycles. The van der Waals surface area contributed by atoms with Gasteiger partial charge in [-0.05, 0) is 42.5 Å². The van der Waals surface area contributed by atoms with E-state index in [1.807, 2.05) is 0 Å². The molecule has 0 radical (unpaired) electrons. The first-order valence-electron chi connectivity index (χ1n) is 8.20. The quantitative estimate of drug-likeness (QED) is 0.889. The molecule has 1 fully saturated rings. The normalized spacial score (nSPS) is 17.1. The highest BCUT2D eigenvalue weighted by atomic mass is 19.4. The van der Waals surface area contributed by atoms with Crippen LogP contribution in [0.1, 0.15) is 22.3 Å². The van der Waals surface area contributed by atoms with Crippen molar-refractivity contribution < 1.29 is 27.5 Å². The van der Waals surface area contributed by atoms with Crippen LogP contribution in [0.15, 0.2) is 48.5 Å². The summed E-state index contributed by atoms with van der Waals surface area (Å²) in [5.74, 6) is -0.162. The molecule has 0 spiro atoms. The second-order valence-corrected chi connectivity index (χ2v) is 6.16. The van der Waals surface area contributed by atoms with Gasteiger partial charge >= 0.3 is 6.18 Å². The van der Waals surface area contributed by atoms with Crippen LogP contribution in [0, 0.1) is 0 Å². The minimum atomic E-state index is -4.52. The van der Waals surface area contributed by atoms with Crippen molar-refractivity contribution in [2.45, 2.75) is 18.6 Å². The molecule has 1 heterocycles. The smallest absolute Gasteiger partial charge is 0.416 e. The van der Waals surface area contributed by atoms with Gasteiger partial charge in [-0.15, -0.1) is 0 Å². The van der Waals surface area contributed by atoms with Gasteiger partial charge in [0, 0.05) is 24.2 Å². The second kappa shape index (κ2) is 7.30. The fourth-order valence-electron chi connectivity index (χ4n) is 2.92. The molecule has 27 heavy (non-hydrogen) atoms. The predicted octanol–water partition coefficient (Wildman–Crippen LogP) is 3.25. The SMILES string of the molecule is COc1ccc(N2C[C@@H](NC(=O)c3cccc(C(F)(F)F)c3)CC2=O)cc1. The minimum Gasteiger partial charge on any atom is -0.497 e. The fourth-order valence-corrected chi connectivity index (χ4v) is 2.92. The number of carbonyl (C=O) groups excluding carboxylic acids is 2. The van der Waals surface area contributed by atoms with E-state index in [1.54, 1.807) is 24.3 Å². The van der Waals surface area contributed by atoms with E-state index in [4.69, 9.17) is 4.74 Å². The zero-order valence-corrected chi connectivity index (χ0v) is 14.4. The van der Waals surface area contributed by atoms with Crippen molar-refractivity contribution in [2.24, 2.45) is 0 Å². The Hall–Kier alpha value is -3.03. The van der Waals surface area contributed by atoms with Crippen molar-refractivity contribution in [1.29, 1.82) is 0 Å². The molecule has 0 bridgehead atoms. The monoisotopic (exact) mass is 378 g/mol. The molecule has 0 aliphatic carbocycles. The van der Waals surface area contributed by atoms with E-state index < -0.39 is 23.7 Å². The van der Waals surface area contributed by atoms with Crippen LogP contribution in [0.25, 0.3) is 0 Å². The first-order valence-corrected chi connectivity index (χ1v) is 8.20. The van der Waals surface area contributed by atoms with Crippen molar-refractivity contribution in [1.82, 2.24) is 5.32 Å². The summed E-state index contributed by atoms with van der Waals surface area (Å²) < 4.78 is 43.4. The van der Waals surface area contributed by atoms with E-state index in [2.05, 4.69) is 5.32 Å². The molecule has 0 saturated carbocycles. The number of benzene rings is 2. The standard InChI is InChI=1S/C19H17F3N2O3/c1-27-16-7-5-15(6-8-16)24-11-14(10-17(24)25)23-18(26)12-3-2-4-13(9-12)19(20,21)22/h2-9,14H,10-11H2,1H3,(H,23,26)/t14-/m0/s1. The van der Waals surface area contributed by atoms with Crippen LogP contribution in [0.2, 0.25) is 0 Å². The zero-order valence-electron chi connectivity index (χ0n) is 14.4. The Morgan fingerprint density at radius 1 is 1.19 bits per heavy atom. The van der Waals surface area contributed by atoms with Crippen molar-refractivity contribution in [3.63, 3.8) is 0 Å². The Bertz CT molecular complexity index is 850. The number of nitrogens with zero attached hydrogens (tertiary/aromatic N) is 1. The van der Waals surface area contributed by atoms with Gasteiger partial charge in [0.25, 0.3) is 5.91 Å². The first kappa shape index (κ1) is 18.8. The number of amides is 2. The number of alkyl halides is 3. The van der Waals surface area contributed by atoms with Crippen LogP contribution in [-0.4, -0.2) is 31.5 Å². The molecule has 2 amide bonds. The zero-order chi connectivity index (χ0) is 19.6. The third kappa shape index (κ3) is 4.21. The largest absolute Gasteiger partial charge is 0.497 e. The van der Waals surface area contributed by atoms with Gasteiger partial charge in [0.05, 0.1) is 18.7 Å². The third-order valence-corrected chi connectivity index (χ3v) is 4.30. The third-order valence-electron chi connectivity index (χ3n) is 4.30. The first-order chi connectivity index (χ1) is 12.8. The topological polar surface area (TPSA) is 58.6 Å². The van der Waals surface area contributed by atoms with Gasteiger partial charge in [0.1, 0.15) is 5.75 Å². The van der Waals surface area contributed by atoms with Gasteiger partial charge in [-0.25, -0.2) is 0 Å². The maximum absolute atomic E-state index is 12.8. The summed E-state index contributed by atoms with van der Waals surface area (Å²) in [6.45, 7) is 0.246. The molecule has 2 aromatic rings. The maximum Gasteiger partial charge on any atom is 0.416 e. The van der Waals surface area contributed by atoms with Crippen LogP contribution in [0.3, 0.4) is 0 Å². The van der Waals surface area contributed by atoms with Gasteiger partial charge in [0.15, 0.2) is 0 Å². The van der Waals surface area contributed by atoms with E-state index in [9.17, 15) is 22.8 Å². The van der Waals surface area contributed by atoms with Crippen molar-refractivity contribution in [3.05, 3.63) is 59.7 Å². The summed E-state index contributed by atoms with van der Waals surface area (Å²) in [5, 5.41) is 2.63.